The SMILES string of the molecule is CCC(CC)C(=O)N1CCC(Oc2ccc(C)nn2)C1. The van der Waals surface area contributed by atoms with Crippen LogP contribution in [0.15, 0.2) is 12.1 Å². The van der Waals surface area contributed by atoms with Crippen molar-refractivity contribution in [2.24, 2.45) is 5.92 Å². The Morgan fingerprint density at radius 3 is 2.75 bits per heavy atom. The number of hydrogen-bond acceptors (Lipinski definition) is 4. The molecular formula is C15H23N3O2. The number of likely N-dealkylation sites (tertiary alicyclic amines) is 1. The zero-order chi connectivity index (χ0) is 14.5. The van der Waals surface area contributed by atoms with Crippen LogP contribution in [-0.4, -0.2) is 40.2 Å². The lowest BCUT2D eigenvalue weighted by atomic mass is 10.0. The Bertz CT molecular complexity index is 443. The van der Waals surface area contributed by atoms with Crippen molar-refractivity contribution in [3.05, 3.63) is 17.8 Å². The fourth-order valence-corrected chi connectivity index (χ4v) is 2.54. The number of hydrogen-bond donors (Lipinski definition) is 0. The molecule has 1 aliphatic heterocycles. The fraction of sp³-hybridized carbons (Fsp3) is 0.667. The predicted molar refractivity (Wildman–Crippen MR) is 76.5 cm³/mol. The van der Waals surface area contributed by atoms with Gasteiger partial charge in [0.25, 0.3) is 0 Å². The van der Waals surface area contributed by atoms with Crippen LogP contribution < -0.4 is 4.74 Å². The minimum atomic E-state index is 0.0327. The minimum Gasteiger partial charge on any atom is -0.471 e. The lowest BCUT2D eigenvalue weighted by molar-refractivity contribution is -0.134. The van der Waals surface area contributed by atoms with E-state index in [2.05, 4.69) is 24.0 Å². The molecule has 1 amide bonds. The van der Waals surface area contributed by atoms with Gasteiger partial charge in [0, 0.05) is 24.9 Å². The van der Waals surface area contributed by atoms with Gasteiger partial charge in [-0.2, -0.15) is 5.10 Å². The van der Waals surface area contributed by atoms with Crippen LogP contribution in [0.3, 0.4) is 0 Å². The molecule has 0 bridgehead atoms. The normalized spacial score (nSPS) is 18.6. The van der Waals surface area contributed by atoms with Gasteiger partial charge in [-0.15, -0.1) is 5.10 Å². The van der Waals surface area contributed by atoms with Gasteiger partial charge in [-0.1, -0.05) is 13.8 Å². The summed E-state index contributed by atoms with van der Waals surface area (Å²) < 4.78 is 5.79. The number of carbonyl (C=O) groups excluding carboxylic acids is 1. The first-order valence-electron chi connectivity index (χ1n) is 7.39. The summed E-state index contributed by atoms with van der Waals surface area (Å²) in [7, 11) is 0. The number of carbonyl (C=O) groups is 1. The van der Waals surface area contributed by atoms with Crippen molar-refractivity contribution in [3.63, 3.8) is 0 Å². The molecule has 0 radical (unpaired) electrons. The van der Waals surface area contributed by atoms with Gasteiger partial charge in [-0.3, -0.25) is 4.79 Å². The molecule has 2 rings (SSSR count). The number of amides is 1. The molecule has 1 aliphatic rings. The number of ether oxygens (including phenoxy) is 1. The van der Waals surface area contributed by atoms with Crippen LogP contribution in [0.5, 0.6) is 5.88 Å². The summed E-state index contributed by atoms with van der Waals surface area (Å²) in [6, 6.07) is 3.71. The van der Waals surface area contributed by atoms with E-state index in [0.717, 1.165) is 31.5 Å². The van der Waals surface area contributed by atoms with Gasteiger partial charge in [-0.25, -0.2) is 0 Å². The van der Waals surface area contributed by atoms with Crippen molar-refractivity contribution in [2.75, 3.05) is 13.1 Å². The van der Waals surface area contributed by atoms with Crippen LogP contribution in [-0.2, 0) is 4.79 Å². The van der Waals surface area contributed by atoms with Crippen LogP contribution >= 0.6 is 0 Å². The van der Waals surface area contributed by atoms with Crippen molar-refractivity contribution >= 4 is 5.91 Å². The topological polar surface area (TPSA) is 55.3 Å². The van der Waals surface area contributed by atoms with E-state index >= 15 is 0 Å². The first-order chi connectivity index (χ1) is 9.63. The Morgan fingerprint density at radius 2 is 2.15 bits per heavy atom. The van der Waals surface area contributed by atoms with Crippen molar-refractivity contribution in [2.45, 2.75) is 46.1 Å². The second-order valence-corrected chi connectivity index (χ2v) is 5.34. The summed E-state index contributed by atoms with van der Waals surface area (Å²) in [4.78, 5) is 14.2. The van der Waals surface area contributed by atoms with Gasteiger partial charge in [-0.05, 0) is 25.8 Å². The van der Waals surface area contributed by atoms with E-state index in [4.69, 9.17) is 4.74 Å². The highest BCUT2D eigenvalue weighted by Crippen LogP contribution is 2.20. The Hall–Kier alpha value is -1.65. The molecule has 0 N–H and O–H groups in total. The molecule has 1 saturated heterocycles. The summed E-state index contributed by atoms with van der Waals surface area (Å²) in [6.45, 7) is 7.46. The summed E-state index contributed by atoms with van der Waals surface area (Å²) in [6.07, 6.45) is 2.70. The Balaban J connectivity index is 1.89. The molecule has 1 aromatic heterocycles. The van der Waals surface area contributed by atoms with Crippen LogP contribution in [0.2, 0.25) is 0 Å². The quantitative estimate of drug-likeness (QED) is 0.828. The van der Waals surface area contributed by atoms with Crippen LogP contribution in [0.25, 0.3) is 0 Å². The summed E-state index contributed by atoms with van der Waals surface area (Å²) in [5, 5.41) is 7.98. The third-order valence-electron chi connectivity index (χ3n) is 3.85. The highest BCUT2D eigenvalue weighted by atomic mass is 16.5. The standard InChI is InChI=1S/C15H23N3O2/c1-4-12(5-2)15(19)18-9-8-13(10-18)20-14-7-6-11(3)16-17-14/h6-7,12-13H,4-5,8-10H2,1-3H3. The summed E-state index contributed by atoms with van der Waals surface area (Å²) in [5.41, 5.74) is 0.870. The van der Waals surface area contributed by atoms with Gasteiger partial charge in [0.2, 0.25) is 11.8 Å². The van der Waals surface area contributed by atoms with Crippen LogP contribution in [0.1, 0.15) is 38.8 Å². The van der Waals surface area contributed by atoms with Crippen molar-refractivity contribution in [1.82, 2.24) is 15.1 Å². The average Bonchev–Trinajstić information content (AvgIpc) is 2.91. The molecule has 1 fully saturated rings. The third-order valence-corrected chi connectivity index (χ3v) is 3.85. The molecule has 2 heterocycles. The molecule has 110 valence electrons. The maximum absolute atomic E-state index is 12.3. The molecule has 20 heavy (non-hydrogen) atoms. The van der Waals surface area contributed by atoms with Crippen LogP contribution in [0, 0.1) is 12.8 Å². The number of aryl methyl sites for hydroxylation is 1. The molecular weight excluding hydrogens is 254 g/mol. The highest BCUT2D eigenvalue weighted by Gasteiger charge is 2.30. The van der Waals surface area contributed by atoms with Gasteiger partial charge in [0.1, 0.15) is 6.10 Å². The van der Waals surface area contributed by atoms with E-state index in [0.29, 0.717) is 12.4 Å². The molecule has 5 nitrogen and oxygen atoms in total. The molecule has 5 heteroatoms. The van der Waals surface area contributed by atoms with E-state index in [9.17, 15) is 4.79 Å². The molecule has 0 saturated carbocycles. The van der Waals surface area contributed by atoms with E-state index in [1.807, 2.05) is 24.0 Å². The monoisotopic (exact) mass is 277 g/mol. The van der Waals surface area contributed by atoms with Crippen molar-refractivity contribution < 1.29 is 9.53 Å². The van der Waals surface area contributed by atoms with E-state index < -0.39 is 0 Å². The molecule has 1 unspecified atom stereocenters. The smallest absolute Gasteiger partial charge is 0.233 e. The Kier molecular flexibility index (Phi) is 4.93. The molecule has 0 aromatic carbocycles. The van der Waals surface area contributed by atoms with Crippen molar-refractivity contribution in [1.29, 1.82) is 0 Å². The second-order valence-electron chi connectivity index (χ2n) is 5.34. The first-order valence-corrected chi connectivity index (χ1v) is 7.39. The van der Waals surface area contributed by atoms with Gasteiger partial charge < -0.3 is 9.64 Å². The maximum Gasteiger partial charge on any atom is 0.233 e. The largest absolute Gasteiger partial charge is 0.471 e. The van der Waals surface area contributed by atoms with Gasteiger partial charge in [0.15, 0.2) is 0 Å². The average molecular weight is 277 g/mol. The molecule has 0 aliphatic carbocycles. The third kappa shape index (κ3) is 3.46. The second kappa shape index (κ2) is 6.68. The lowest BCUT2D eigenvalue weighted by Crippen LogP contribution is -2.35. The van der Waals surface area contributed by atoms with Gasteiger partial charge >= 0.3 is 0 Å². The molecule has 1 aromatic rings. The maximum atomic E-state index is 12.3. The van der Waals surface area contributed by atoms with Crippen LogP contribution in [0.4, 0.5) is 0 Å². The predicted octanol–water partition coefficient (Wildman–Crippen LogP) is 2.20. The minimum absolute atomic E-state index is 0.0327. The highest BCUT2D eigenvalue weighted by molar-refractivity contribution is 5.79. The fourth-order valence-electron chi connectivity index (χ4n) is 2.54. The summed E-state index contributed by atoms with van der Waals surface area (Å²) >= 11 is 0. The number of nitrogens with zero attached hydrogens (tertiary/aromatic N) is 3. The zero-order valence-electron chi connectivity index (χ0n) is 12.5. The lowest BCUT2D eigenvalue weighted by Gasteiger charge is -2.21. The van der Waals surface area contributed by atoms with E-state index in [1.165, 1.54) is 0 Å². The zero-order valence-corrected chi connectivity index (χ0v) is 12.5. The number of rotatable bonds is 5. The first kappa shape index (κ1) is 14.8. The Labute approximate surface area is 120 Å². The van der Waals surface area contributed by atoms with Gasteiger partial charge in [0.05, 0.1) is 12.2 Å². The van der Waals surface area contributed by atoms with Crippen molar-refractivity contribution in [3.8, 4) is 5.88 Å². The van der Waals surface area contributed by atoms with E-state index in [1.54, 1.807) is 0 Å². The Morgan fingerprint density at radius 1 is 1.40 bits per heavy atom. The van der Waals surface area contributed by atoms with E-state index in [-0.39, 0.29) is 17.9 Å². The summed E-state index contributed by atoms with van der Waals surface area (Å²) in [5.74, 6) is 0.946. The molecule has 1 atom stereocenters. The number of aromatic nitrogens is 2. The molecule has 0 spiro atoms.